The Hall–Kier alpha value is -0.670. The summed E-state index contributed by atoms with van der Waals surface area (Å²) in [5.74, 6) is 0.0734. The summed E-state index contributed by atoms with van der Waals surface area (Å²) in [4.78, 5) is 11.5. The minimum atomic E-state index is -0.974. The van der Waals surface area contributed by atoms with Crippen molar-refractivity contribution >= 4 is 5.78 Å². The Bertz CT molecular complexity index is 315. The molecule has 1 aliphatic carbocycles. The van der Waals surface area contributed by atoms with Gasteiger partial charge < -0.3 is 10.2 Å². The van der Waals surface area contributed by atoms with E-state index in [0.29, 0.717) is 19.3 Å². The van der Waals surface area contributed by atoms with E-state index in [1.807, 2.05) is 13.8 Å². The van der Waals surface area contributed by atoms with Crippen molar-refractivity contribution in [2.24, 2.45) is 5.41 Å². The number of hydrogen-bond donors (Lipinski definition) is 2. The molecule has 0 aliphatic heterocycles. The Morgan fingerprint density at radius 2 is 2.06 bits per heavy atom. The van der Waals surface area contributed by atoms with E-state index in [9.17, 15) is 15.0 Å². The quantitative estimate of drug-likeness (QED) is 0.771. The predicted octanol–water partition coefficient (Wildman–Crippen LogP) is 1.82. The molecule has 0 unspecified atom stereocenters. The zero-order valence-corrected chi connectivity index (χ0v) is 10.6. The summed E-state index contributed by atoms with van der Waals surface area (Å²) in [5, 5.41) is 20.0. The van der Waals surface area contributed by atoms with Gasteiger partial charge in [-0.3, -0.25) is 4.79 Å². The van der Waals surface area contributed by atoms with Gasteiger partial charge in [0.2, 0.25) is 0 Å². The Kier molecular flexibility index (Phi) is 3.60. The lowest BCUT2D eigenvalue weighted by Gasteiger charge is -2.46. The number of aliphatic hydroxyl groups is 2. The van der Waals surface area contributed by atoms with E-state index >= 15 is 0 Å². The molecule has 92 valence electrons. The Morgan fingerprint density at radius 3 is 2.50 bits per heavy atom. The molecule has 2 N–H and O–H groups in total. The van der Waals surface area contributed by atoms with Crippen LogP contribution in [0.3, 0.4) is 0 Å². The lowest BCUT2D eigenvalue weighted by Crippen LogP contribution is -2.49. The second kappa shape index (κ2) is 4.30. The first-order chi connectivity index (χ1) is 7.19. The van der Waals surface area contributed by atoms with Crippen LogP contribution >= 0.6 is 0 Å². The fraction of sp³-hybridized carbons (Fsp3) is 0.769. The first-order valence-corrected chi connectivity index (χ1v) is 5.81. The van der Waals surface area contributed by atoms with Crippen LogP contribution in [0.2, 0.25) is 0 Å². The van der Waals surface area contributed by atoms with Crippen molar-refractivity contribution in [3.05, 3.63) is 11.6 Å². The van der Waals surface area contributed by atoms with Crippen LogP contribution in [0, 0.1) is 5.41 Å². The number of carbonyl (C=O) groups is 1. The van der Waals surface area contributed by atoms with Gasteiger partial charge in [0.15, 0.2) is 5.78 Å². The van der Waals surface area contributed by atoms with E-state index in [1.54, 1.807) is 13.8 Å². The third-order valence-electron chi connectivity index (χ3n) is 3.69. The normalized spacial score (nSPS) is 31.1. The largest absolute Gasteiger partial charge is 0.393 e. The molecule has 0 aromatic heterocycles. The highest BCUT2D eigenvalue weighted by molar-refractivity contribution is 5.92. The summed E-state index contributed by atoms with van der Waals surface area (Å²) in [6, 6.07) is 0. The standard InChI is InChI=1S/C13H22O3/c1-9-7-11(15)8-12(3,4)13(9,16)6-5-10(2)14/h7,10,14,16H,5-6,8H2,1-4H3/t10-,13+/m1/s1. The van der Waals surface area contributed by atoms with E-state index in [1.165, 1.54) is 6.08 Å². The topological polar surface area (TPSA) is 57.5 Å². The van der Waals surface area contributed by atoms with E-state index in [2.05, 4.69) is 0 Å². The minimum absolute atomic E-state index is 0.0734. The Balaban J connectivity index is 2.97. The molecular weight excluding hydrogens is 204 g/mol. The van der Waals surface area contributed by atoms with Crippen LogP contribution < -0.4 is 0 Å². The highest BCUT2D eigenvalue weighted by Crippen LogP contribution is 2.45. The molecule has 3 heteroatoms. The zero-order chi connectivity index (χ0) is 12.6. The molecule has 16 heavy (non-hydrogen) atoms. The molecule has 1 aliphatic rings. The second-order valence-corrected chi connectivity index (χ2v) is 5.60. The molecule has 0 heterocycles. The fourth-order valence-corrected chi connectivity index (χ4v) is 2.48. The highest BCUT2D eigenvalue weighted by Gasteiger charge is 2.47. The lowest BCUT2D eigenvalue weighted by atomic mass is 9.63. The maximum Gasteiger partial charge on any atom is 0.156 e. The molecule has 0 fully saturated rings. The van der Waals surface area contributed by atoms with Crippen molar-refractivity contribution in [1.29, 1.82) is 0 Å². The van der Waals surface area contributed by atoms with Gasteiger partial charge in [-0.15, -0.1) is 0 Å². The maximum absolute atomic E-state index is 11.5. The van der Waals surface area contributed by atoms with Gasteiger partial charge in [-0.05, 0) is 38.3 Å². The number of aliphatic hydroxyl groups excluding tert-OH is 1. The first-order valence-electron chi connectivity index (χ1n) is 5.81. The minimum Gasteiger partial charge on any atom is -0.393 e. The van der Waals surface area contributed by atoms with Gasteiger partial charge in [-0.2, -0.15) is 0 Å². The molecule has 0 aromatic rings. The molecule has 0 bridgehead atoms. The Morgan fingerprint density at radius 1 is 1.50 bits per heavy atom. The fourth-order valence-electron chi connectivity index (χ4n) is 2.48. The van der Waals surface area contributed by atoms with Gasteiger partial charge in [0.05, 0.1) is 11.7 Å². The van der Waals surface area contributed by atoms with Gasteiger partial charge in [-0.1, -0.05) is 13.8 Å². The van der Waals surface area contributed by atoms with Crippen LogP contribution in [0.15, 0.2) is 11.6 Å². The average molecular weight is 226 g/mol. The molecule has 0 aromatic carbocycles. The van der Waals surface area contributed by atoms with E-state index in [0.717, 1.165) is 5.57 Å². The molecule has 0 saturated heterocycles. The highest BCUT2D eigenvalue weighted by atomic mass is 16.3. The third-order valence-corrected chi connectivity index (χ3v) is 3.69. The molecule has 0 radical (unpaired) electrons. The van der Waals surface area contributed by atoms with Crippen molar-refractivity contribution in [2.75, 3.05) is 0 Å². The van der Waals surface area contributed by atoms with Gasteiger partial charge in [0.25, 0.3) is 0 Å². The zero-order valence-electron chi connectivity index (χ0n) is 10.6. The number of carbonyl (C=O) groups excluding carboxylic acids is 1. The van der Waals surface area contributed by atoms with Crippen LogP contribution in [0.1, 0.15) is 47.0 Å². The van der Waals surface area contributed by atoms with E-state index in [-0.39, 0.29) is 5.78 Å². The summed E-state index contributed by atoms with van der Waals surface area (Å²) in [6.45, 7) is 7.32. The van der Waals surface area contributed by atoms with Gasteiger partial charge in [0.1, 0.15) is 0 Å². The molecule has 0 saturated carbocycles. The third kappa shape index (κ3) is 2.36. The second-order valence-electron chi connectivity index (χ2n) is 5.60. The molecule has 3 nitrogen and oxygen atoms in total. The summed E-state index contributed by atoms with van der Waals surface area (Å²) in [7, 11) is 0. The monoisotopic (exact) mass is 226 g/mol. The van der Waals surface area contributed by atoms with Crippen molar-refractivity contribution in [3.8, 4) is 0 Å². The van der Waals surface area contributed by atoms with Crippen LogP contribution in [0.5, 0.6) is 0 Å². The molecule has 2 atom stereocenters. The van der Waals surface area contributed by atoms with E-state index < -0.39 is 17.1 Å². The summed E-state index contributed by atoms with van der Waals surface area (Å²) in [5.41, 5.74) is -0.718. The van der Waals surface area contributed by atoms with Gasteiger partial charge >= 0.3 is 0 Å². The predicted molar refractivity (Wildman–Crippen MR) is 63.0 cm³/mol. The summed E-state index contributed by atoms with van der Waals surface area (Å²) in [6.07, 6.45) is 2.51. The smallest absolute Gasteiger partial charge is 0.156 e. The maximum atomic E-state index is 11.5. The van der Waals surface area contributed by atoms with Gasteiger partial charge in [-0.25, -0.2) is 0 Å². The molecule has 0 amide bonds. The van der Waals surface area contributed by atoms with Crippen molar-refractivity contribution in [1.82, 2.24) is 0 Å². The summed E-state index contributed by atoms with van der Waals surface area (Å²) >= 11 is 0. The number of rotatable bonds is 3. The van der Waals surface area contributed by atoms with Crippen molar-refractivity contribution in [2.45, 2.75) is 58.7 Å². The summed E-state index contributed by atoms with van der Waals surface area (Å²) < 4.78 is 0. The van der Waals surface area contributed by atoms with Crippen LogP contribution in [0.4, 0.5) is 0 Å². The van der Waals surface area contributed by atoms with Gasteiger partial charge in [0, 0.05) is 11.8 Å². The van der Waals surface area contributed by atoms with Crippen LogP contribution in [-0.4, -0.2) is 27.7 Å². The SMILES string of the molecule is CC1=CC(=O)CC(C)(C)[C@]1(O)CC[C@@H](C)O. The van der Waals surface area contributed by atoms with Crippen LogP contribution in [-0.2, 0) is 4.79 Å². The lowest BCUT2D eigenvalue weighted by molar-refractivity contribution is -0.125. The number of ketones is 1. The molecule has 0 spiro atoms. The van der Waals surface area contributed by atoms with E-state index in [4.69, 9.17) is 0 Å². The number of hydrogen-bond acceptors (Lipinski definition) is 3. The molecular formula is C13H22O3. The molecule has 1 rings (SSSR count). The number of allylic oxidation sites excluding steroid dienone is 1. The Labute approximate surface area is 97.2 Å². The van der Waals surface area contributed by atoms with Crippen LogP contribution in [0.25, 0.3) is 0 Å². The van der Waals surface area contributed by atoms with Crippen molar-refractivity contribution in [3.63, 3.8) is 0 Å². The first kappa shape index (κ1) is 13.4. The van der Waals surface area contributed by atoms with Crippen molar-refractivity contribution < 1.29 is 15.0 Å². The average Bonchev–Trinajstić information content (AvgIpc) is 2.10.